The van der Waals surface area contributed by atoms with Gasteiger partial charge < -0.3 is 10.0 Å². The second-order valence-corrected chi connectivity index (χ2v) is 6.47. The standard InChI is InChI=1S/C18H27NO2/c1-3-10-18(11-4-2)13-19(14-18)12-16(17(20)21)15-8-6-5-7-9-15/h5-9,16H,3-4,10-14H2,1-2H3,(H,20,21). The molecule has 1 aromatic rings. The quantitative estimate of drug-likeness (QED) is 0.792. The minimum atomic E-state index is -0.718. The van der Waals surface area contributed by atoms with Crippen molar-refractivity contribution in [3.05, 3.63) is 35.9 Å². The van der Waals surface area contributed by atoms with Crippen LogP contribution in [0.5, 0.6) is 0 Å². The molecule has 1 unspecified atom stereocenters. The molecule has 3 heteroatoms. The fraction of sp³-hybridized carbons (Fsp3) is 0.611. The zero-order valence-electron chi connectivity index (χ0n) is 13.2. The topological polar surface area (TPSA) is 40.5 Å². The van der Waals surface area contributed by atoms with Gasteiger partial charge in [0.1, 0.15) is 0 Å². The van der Waals surface area contributed by atoms with Gasteiger partial charge in [0.25, 0.3) is 0 Å². The summed E-state index contributed by atoms with van der Waals surface area (Å²) in [5.41, 5.74) is 1.36. The summed E-state index contributed by atoms with van der Waals surface area (Å²) in [5, 5.41) is 9.51. The molecule has 1 heterocycles. The van der Waals surface area contributed by atoms with Crippen molar-refractivity contribution in [2.75, 3.05) is 19.6 Å². The van der Waals surface area contributed by atoms with Crippen LogP contribution in [0.3, 0.4) is 0 Å². The largest absolute Gasteiger partial charge is 0.481 e. The van der Waals surface area contributed by atoms with Crippen molar-refractivity contribution < 1.29 is 9.90 Å². The molecule has 0 saturated carbocycles. The van der Waals surface area contributed by atoms with Gasteiger partial charge in [-0.1, -0.05) is 57.0 Å². The first-order chi connectivity index (χ1) is 10.1. The van der Waals surface area contributed by atoms with Crippen LogP contribution in [0, 0.1) is 5.41 Å². The predicted octanol–water partition coefficient (Wildman–Crippen LogP) is 3.76. The molecule has 21 heavy (non-hydrogen) atoms. The van der Waals surface area contributed by atoms with Gasteiger partial charge in [-0.3, -0.25) is 4.79 Å². The van der Waals surface area contributed by atoms with Crippen LogP contribution >= 0.6 is 0 Å². The summed E-state index contributed by atoms with van der Waals surface area (Å²) in [7, 11) is 0. The highest BCUT2D eigenvalue weighted by Crippen LogP contribution is 2.40. The van der Waals surface area contributed by atoms with E-state index in [1.165, 1.54) is 25.7 Å². The van der Waals surface area contributed by atoms with Gasteiger partial charge in [0.15, 0.2) is 0 Å². The van der Waals surface area contributed by atoms with Crippen LogP contribution < -0.4 is 0 Å². The van der Waals surface area contributed by atoms with Crippen LogP contribution in [0.15, 0.2) is 30.3 Å². The average molecular weight is 289 g/mol. The highest BCUT2D eigenvalue weighted by Gasteiger charge is 2.42. The number of benzene rings is 1. The summed E-state index contributed by atoms with van der Waals surface area (Å²) in [6.07, 6.45) is 4.96. The predicted molar refractivity (Wildman–Crippen MR) is 85.5 cm³/mol. The van der Waals surface area contributed by atoms with E-state index in [1.54, 1.807) is 0 Å². The van der Waals surface area contributed by atoms with Crippen molar-refractivity contribution in [3.8, 4) is 0 Å². The summed E-state index contributed by atoms with van der Waals surface area (Å²) in [4.78, 5) is 13.9. The normalized spacial score (nSPS) is 19.0. The molecule has 1 saturated heterocycles. The molecule has 0 aliphatic carbocycles. The zero-order valence-corrected chi connectivity index (χ0v) is 13.2. The molecule has 1 atom stereocenters. The van der Waals surface area contributed by atoms with E-state index in [1.807, 2.05) is 30.3 Å². The van der Waals surface area contributed by atoms with E-state index in [-0.39, 0.29) is 0 Å². The lowest BCUT2D eigenvalue weighted by Crippen LogP contribution is -2.57. The van der Waals surface area contributed by atoms with E-state index in [0.29, 0.717) is 12.0 Å². The van der Waals surface area contributed by atoms with E-state index in [4.69, 9.17) is 0 Å². The number of carboxylic acid groups (broad SMARTS) is 1. The molecule has 1 N–H and O–H groups in total. The Hall–Kier alpha value is -1.35. The van der Waals surface area contributed by atoms with Crippen LogP contribution in [-0.4, -0.2) is 35.6 Å². The molecule has 0 radical (unpaired) electrons. The number of hydrogen-bond donors (Lipinski definition) is 1. The highest BCUT2D eigenvalue weighted by atomic mass is 16.4. The monoisotopic (exact) mass is 289 g/mol. The Morgan fingerprint density at radius 3 is 2.24 bits per heavy atom. The molecular formula is C18H27NO2. The van der Waals surface area contributed by atoms with Crippen molar-refractivity contribution in [1.29, 1.82) is 0 Å². The van der Waals surface area contributed by atoms with E-state index < -0.39 is 11.9 Å². The Labute approximate surface area is 128 Å². The summed E-state index contributed by atoms with van der Waals surface area (Å²) in [6.45, 7) is 7.24. The fourth-order valence-corrected chi connectivity index (χ4v) is 3.80. The van der Waals surface area contributed by atoms with Gasteiger partial charge in [-0.25, -0.2) is 0 Å². The lowest BCUT2D eigenvalue weighted by Gasteiger charge is -2.51. The number of carbonyl (C=O) groups is 1. The van der Waals surface area contributed by atoms with Crippen LogP contribution in [0.4, 0.5) is 0 Å². The zero-order chi connectivity index (χ0) is 15.3. The number of carboxylic acids is 1. The van der Waals surface area contributed by atoms with Crippen molar-refractivity contribution in [2.45, 2.75) is 45.4 Å². The minimum absolute atomic E-state index is 0.410. The van der Waals surface area contributed by atoms with Gasteiger partial charge in [-0.2, -0.15) is 0 Å². The molecule has 1 fully saturated rings. The Kier molecular flexibility index (Phi) is 5.40. The third kappa shape index (κ3) is 3.85. The number of hydrogen-bond acceptors (Lipinski definition) is 2. The van der Waals surface area contributed by atoms with Gasteiger partial charge >= 0.3 is 5.97 Å². The van der Waals surface area contributed by atoms with Crippen LogP contribution in [0.1, 0.15) is 51.0 Å². The van der Waals surface area contributed by atoms with Crippen LogP contribution in [-0.2, 0) is 4.79 Å². The molecule has 0 bridgehead atoms. The Morgan fingerprint density at radius 2 is 1.76 bits per heavy atom. The van der Waals surface area contributed by atoms with E-state index in [0.717, 1.165) is 18.7 Å². The smallest absolute Gasteiger partial charge is 0.312 e. The van der Waals surface area contributed by atoms with Gasteiger partial charge in [-0.05, 0) is 23.8 Å². The maximum atomic E-state index is 11.6. The molecule has 1 aromatic carbocycles. The summed E-state index contributed by atoms with van der Waals surface area (Å²) >= 11 is 0. The molecule has 2 rings (SSSR count). The molecule has 0 spiro atoms. The molecule has 1 aliphatic heterocycles. The maximum Gasteiger partial charge on any atom is 0.312 e. The minimum Gasteiger partial charge on any atom is -0.481 e. The van der Waals surface area contributed by atoms with Gasteiger partial charge in [-0.15, -0.1) is 0 Å². The van der Waals surface area contributed by atoms with Crippen molar-refractivity contribution >= 4 is 5.97 Å². The molecule has 1 aliphatic rings. The first-order valence-electron chi connectivity index (χ1n) is 8.10. The van der Waals surface area contributed by atoms with Crippen molar-refractivity contribution in [2.24, 2.45) is 5.41 Å². The first-order valence-corrected chi connectivity index (χ1v) is 8.10. The third-order valence-corrected chi connectivity index (χ3v) is 4.62. The lowest BCUT2D eigenvalue weighted by atomic mass is 9.72. The Bertz CT molecular complexity index is 444. The van der Waals surface area contributed by atoms with E-state index >= 15 is 0 Å². The van der Waals surface area contributed by atoms with Crippen molar-refractivity contribution in [1.82, 2.24) is 4.90 Å². The molecule has 116 valence electrons. The number of nitrogens with zero attached hydrogens (tertiary/aromatic N) is 1. The van der Waals surface area contributed by atoms with Gasteiger partial charge in [0.05, 0.1) is 5.92 Å². The first kappa shape index (κ1) is 16.0. The third-order valence-electron chi connectivity index (χ3n) is 4.62. The van der Waals surface area contributed by atoms with Crippen LogP contribution in [0.2, 0.25) is 0 Å². The SMILES string of the molecule is CCCC1(CCC)CN(CC(C(=O)O)c2ccccc2)C1. The molecule has 0 amide bonds. The number of aliphatic carboxylic acids is 1. The van der Waals surface area contributed by atoms with E-state index in [2.05, 4.69) is 18.7 Å². The highest BCUT2D eigenvalue weighted by molar-refractivity contribution is 5.76. The van der Waals surface area contributed by atoms with Gasteiger partial charge in [0.2, 0.25) is 0 Å². The van der Waals surface area contributed by atoms with Gasteiger partial charge in [0, 0.05) is 19.6 Å². The Balaban J connectivity index is 1.97. The molecular weight excluding hydrogens is 262 g/mol. The second kappa shape index (κ2) is 7.08. The number of likely N-dealkylation sites (tertiary alicyclic amines) is 1. The van der Waals surface area contributed by atoms with E-state index in [9.17, 15) is 9.90 Å². The Morgan fingerprint density at radius 1 is 1.19 bits per heavy atom. The number of rotatable bonds is 8. The lowest BCUT2D eigenvalue weighted by molar-refractivity contribution is -0.140. The summed E-state index contributed by atoms with van der Waals surface area (Å²) in [6, 6.07) is 9.60. The fourth-order valence-electron chi connectivity index (χ4n) is 3.80. The average Bonchev–Trinajstić information content (AvgIpc) is 2.43. The molecule has 0 aromatic heterocycles. The summed E-state index contributed by atoms with van der Waals surface area (Å²) < 4.78 is 0. The summed E-state index contributed by atoms with van der Waals surface area (Å²) in [5.74, 6) is -1.13. The van der Waals surface area contributed by atoms with Crippen molar-refractivity contribution in [3.63, 3.8) is 0 Å². The molecule has 3 nitrogen and oxygen atoms in total. The van der Waals surface area contributed by atoms with Crippen LogP contribution in [0.25, 0.3) is 0 Å². The second-order valence-electron chi connectivity index (χ2n) is 6.47. The maximum absolute atomic E-state index is 11.6.